The molecule has 5 nitrogen and oxygen atoms in total. The van der Waals surface area contributed by atoms with Gasteiger partial charge in [0.15, 0.2) is 0 Å². The molecule has 1 aromatic carbocycles. The average molecular weight is 384 g/mol. The number of likely N-dealkylation sites (tertiary alicyclic amines) is 2. The third-order valence-electron chi connectivity index (χ3n) is 6.45. The Morgan fingerprint density at radius 1 is 1.11 bits per heavy atom. The fraction of sp³-hybridized carbons (Fsp3) is 0.545. The second-order valence-electron chi connectivity index (χ2n) is 8.14. The van der Waals surface area contributed by atoms with Crippen LogP contribution in [0.15, 0.2) is 24.3 Å². The minimum absolute atomic E-state index is 0.204. The lowest BCUT2D eigenvalue weighted by molar-refractivity contribution is -0.131. The van der Waals surface area contributed by atoms with Gasteiger partial charge in [-0.1, -0.05) is 6.42 Å². The molecule has 6 heteroatoms. The monoisotopic (exact) mass is 384 g/mol. The molecule has 2 saturated heterocycles. The van der Waals surface area contributed by atoms with Crippen molar-refractivity contribution < 1.29 is 9.18 Å². The highest BCUT2D eigenvalue weighted by atomic mass is 19.1. The Kier molecular flexibility index (Phi) is 5.23. The molecule has 2 aliphatic heterocycles. The van der Waals surface area contributed by atoms with Crippen LogP contribution in [0.25, 0.3) is 5.69 Å². The molecule has 0 saturated carbocycles. The maximum absolute atomic E-state index is 13.3. The van der Waals surface area contributed by atoms with E-state index in [0.717, 1.165) is 56.0 Å². The lowest BCUT2D eigenvalue weighted by Crippen LogP contribution is -2.45. The lowest BCUT2D eigenvalue weighted by atomic mass is 10.0. The van der Waals surface area contributed by atoms with Crippen LogP contribution in [-0.4, -0.2) is 50.7 Å². The molecule has 2 aliphatic rings. The number of hydrogen-bond acceptors (Lipinski definition) is 3. The van der Waals surface area contributed by atoms with Crippen LogP contribution in [0.5, 0.6) is 0 Å². The van der Waals surface area contributed by atoms with Crippen LogP contribution in [0, 0.1) is 19.7 Å². The van der Waals surface area contributed by atoms with Gasteiger partial charge in [-0.05, 0) is 57.4 Å². The van der Waals surface area contributed by atoms with Gasteiger partial charge in [-0.2, -0.15) is 5.10 Å². The highest BCUT2D eigenvalue weighted by molar-refractivity contribution is 5.73. The molecule has 0 radical (unpaired) electrons. The summed E-state index contributed by atoms with van der Waals surface area (Å²) in [6.07, 6.45) is 4.47. The number of aromatic nitrogens is 2. The van der Waals surface area contributed by atoms with Gasteiger partial charge in [0.1, 0.15) is 5.82 Å². The molecule has 0 N–H and O–H groups in total. The van der Waals surface area contributed by atoms with Gasteiger partial charge in [0, 0.05) is 49.9 Å². The predicted octanol–water partition coefficient (Wildman–Crippen LogP) is 3.60. The summed E-state index contributed by atoms with van der Waals surface area (Å²) in [5.41, 5.74) is 4.24. The van der Waals surface area contributed by atoms with Crippen molar-refractivity contribution in [3.05, 3.63) is 47.0 Å². The van der Waals surface area contributed by atoms with Crippen molar-refractivity contribution in [3.8, 4) is 5.69 Å². The van der Waals surface area contributed by atoms with Crippen LogP contribution >= 0.6 is 0 Å². The summed E-state index contributed by atoms with van der Waals surface area (Å²) in [5, 5.41) is 4.72. The summed E-state index contributed by atoms with van der Waals surface area (Å²) in [4.78, 5) is 16.8. The van der Waals surface area contributed by atoms with E-state index in [1.54, 1.807) is 19.1 Å². The Bertz CT molecular complexity index is 860. The molecule has 1 aromatic heterocycles. The van der Waals surface area contributed by atoms with Gasteiger partial charge in [0.2, 0.25) is 5.91 Å². The third-order valence-corrected chi connectivity index (χ3v) is 6.45. The minimum Gasteiger partial charge on any atom is -0.338 e. The number of nitrogens with zero attached hydrogens (tertiary/aromatic N) is 4. The third kappa shape index (κ3) is 3.46. The van der Waals surface area contributed by atoms with E-state index < -0.39 is 0 Å². The normalized spacial score (nSPS) is 22.9. The molecule has 2 aromatic rings. The molecular formula is C22H29FN4O. The van der Waals surface area contributed by atoms with Crippen LogP contribution < -0.4 is 0 Å². The fourth-order valence-electron chi connectivity index (χ4n) is 4.97. The number of carbonyl (C=O) groups is 1. The number of halogens is 1. The van der Waals surface area contributed by atoms with E-state index in [9.17, 15) is 9.18 Å². The summed E-state index contributed by atoms with van der Waals surface area (Å²) in [7, 11) is 0. The Morgan fingerprint density at radius 3 is 2.57 bits per heavy atom. The molecule has 2 atom stereocenters. The number of rotatable bonds is 3. The molecule has 0 spiro atoms. The molecule has 1 amide bonds. The first-order chi connectivity index (χ1) is 13.5. The smallest absolute Gasteiger partial charge is 0.219 e. The fourth-order valence-corrected chi connectivity index (χ4v) is 4.97. The molecule has 4 rings (SSSR count). The number of fused-ring (bicyclic) bond motifs is 1. The van der Waals surface area contributed by atoms with Crippen molar-refractivity contribution in [1.29, 1.82) is 0 Å². The molecular weight excluding hydrogens is 355 g/mol. The van der Waals surface area contributed by atoms with Crippen LogP contribution in [0.1, 0.15) is 49.6 Å². The highest BCUT2D eigenvalue weighted by Crippen LogP contribution is 2.32. The van der Waals surface area contributed by atoms with Crippen LogP contribution in [0.4, 0.5) is 4.39 Å². The maximum atomic E-state index is 13.3. The van der Waals surface area contributed by atoms with Gasteiger partial charge in [0.25, 0.3) is 0 Å². The van der Waals surface area contributed by atoms with Crippen LogP contribution in [0.3, 0.4) is 0 Å². The molecule has 0 aliphatic carbocycles. The Balaban J connectivity index is 1.58. The maximum Gasteiger partial charge on any atom is 0.219 e. The molecule has 3 heterocycles. The number of benzene rings is 1. The van der Waals surface area contributed by atoms with Crippen LogP contribution in [0.2, 0.25) is 0 Å². The van der Waals surface area contributed by atoms with Crippen molar-refractivity contribution >= 4 is 5.91 Å². The summed E-state index contributed by atoms with van der Waals surface area (Å²) >= 11 is 0. The molecule has 150 valence electrons. The van der Waals surface area contributed by atoms with E-state index >= 15 is 0 Å². The van der Waals surface area contributed by atoms with Gasteiger partial charge in [-0.15, -0.1) is 0 Å². The first-order valence-electron chi connectivity index (χ1n) is 10.3. The Labute approximate surface area is 166 Å². The molecule has 2 fully saturated rings. The van der Waals surface area contributed by atoms with Gasteiger partial charge >= 0.3 is 0 Å². The second kappa shape index (κ2) is 7.66. The van der Waals surface area contributed by atoms with E-state index in [1.165, 1.54) is 24.1 Å². The van der Waals surface area contributed by atoms with Crippen molar-refractivity contribution in [1.82, 2.24) is 19.6 Å². The van der Waals surface area contributed by atoms with Gasteiger partial charge in [-0.25, -0.2) is 9.07 Å². The standard InChI is InChI=1S/C22H29FN4O/c1-15-20(16(2)27(24-15)19-9-7-18(23)8-10-19)14-25-13-11-22-21(25)6-4-5-12-26(22)17(3)28/h7-10,21-22H,4-6,11-14H2,1-3H3/t21-,22-/m1/s1. The van der Waals surface area contributed by atoms with E-state index in [4.69, 9.17) is 5.10 Å². The predicted molar refractivity (Wildman–Crippen MR) is 107 cm³/mol. The average Bonchev–Trinajstić information content (AvgIpc) is 3.09. The Hall–Kier alpha value is -2.21. The highest BCUT2D eigenvalue weighted by Gasteiger charge is 2.40. The topological polar surface area (TPSA) is 41.4 Å². The zero-order chi connectivity index (χ0) is 19.8. The van der Waals surface area contributed by atoms with E-state index in [2.05, 4.69) is 16.7 Å². The summed E-state index contributed by atoms with van der Waals surface area (Å²) in [5.74, 6) is -0.0350. The Morgan fingerprint density at radius 2 is 1.86 bits per heavy atom. The number of hydrogen-bond donors (Lipinski definition) is 0. The molecule has 28 heavy (non-hydrogen) atoms. The zero-order valence-electron chi connectivity index (χ0n) is 17.0. The first kappa shape index (κ1) is 19.1. The van der Waals surface area contributed by atoms with Gasteiger partial charge in [-0.3, -0.25) is 9.69 Å². The lowest BCUT2D eigenvalue weighted by Gasteiger charge is -2.32. The van der Waals surface area contributed by atoms with Crippen LogP contribution in [-0.2, 0) is 11.3 Å². The largest absolute Gasteiger partial charge is 0.338 e. The molecule has 0 unspecified atom stereocenters. The minimum atomic E-state index is -0.239. The molecule has 0 bridgehead atoms. The summed E-state index contributed by atoms with van der Waals surface area (Å²) in [6, 6.07) is 7.24. The number of amides is 1. The second-order valence-corrected chi connectivity index (χ2v) is 8.14. The van der Waals surface area contributed by atoms with Gasteiger partial charge < -0.3 is 4.90 Å². The van der Waals surface area contributed by atoms with E-state index in [-0.39, 0.29) is 11.7 Å². The van der Waals surface area contributed by atoms with Gasteiger partial charge in [0.05, 0.1) is 11.4 Å². The number of aryl methyl sites for hydroxylation is 1. The van der Waals surface area contributed by atoms with Crippen molar-refractivity contribution in [2.45, 2.75) is 65.1 Å². The van der Waals surface area contributed by atoms with Crippen molar-refractivity contribution in [3.63, 3.8) is 0 Å². The zero-order valence-corrected chi connectivity index (χ0v) is 17.0. The van der Waals surface area contributed by atoms with Crippen molar-refractivity contribution in [2.75, 3.05) is 13.1 Å². The van der Waals surface area contributed by atoms with Crippen molar-refractivity contribution in [2.24, 2.45) is 0 Å². The number of carbonyl (C=O) groups excluding carboxylic acids is 1. The summed E-state index contributed by atoms with van der Waals surface area (Å²) < 4.78 is 15.2. The van der Waals surface area contributed by atoms with E-state index in [1.807, 2.05) is 11.6 Å². The SMILES string of the molecule is CC(=O)N1CCCC[C@@H]2[C@H]1CCN2Cc1c(C)nn(-c2ccc(F)cc2)c1C. The first-order valence-corrected chi connectivity index (χ1v) is 10.3. The summed E-state index contributed by atoms with van der Waals surface area (Å²) in [6.45, 7) is 8.59. The van der Waals surface area contributed by atoms with E-state index in [0.29, 0.717) is 12.1 Å². The quantitative estimate of drug-likeness (QED) is 0.812.